The second-order valence-electron chi connectivity index (χ2n) is 32.5. The van der Waals surface area contributed by atoms with Gasteiger partial charge in [0.15, 0.2) is 0 Å². The molecule has 3 nitrogen and oxygen atoms in total. The Labute approximate surface area is 476 Å². The van der Waals surface area contributed by atoms with E-state index in [0.717, 1.165) is 49.8 Å². The summed E-state index contributed by atoms with van der Waals surface area (Å²) in [6.45, 7) is 49.1. The van der Waals surface area contributed by atoms with Crippen molar-refractivity contribution in [1.82, 2.24) is 0 Å². The van der Waals surface area contributed by atoms with Crippen LogP contribution in [-0.4, -0.2) is 6.71 Å². The van der Waals surface area contributed by atoms with Gasteiger partial charge in [-0.15, -0.1) is 0 Å². The third-order valence-electron chi connectivity index (χ3n) is 22.1. The summed E-state index contributed by atoms with van der Waals surface area (Å²) in [4.78, 5) is 5.44. The number of hydrogen-bond acceptors (Lipinski definition) is 3. The molecule has 4 aliphatic carbocycles. The van der Waals surface area contributed by atoms with Crippen molar-refractivity contribution in [3.05, 3.63) is 147 Å². The molecule has 1 aromatic heterocycles. The van der Waals surface area contributed by atoms with Gasteiger partial charge in [-0.3, -0.25) is 0 Å². The Hall–Kier alpha value is -5.48. The molecule has 6 aromatic carbocycles. The standard InChI is InChI=1S/C75H91BN2O/c1-44-36-60-64-61(37-44)78(58-27-24-45(67(2,3)4)38-48(58)47-22-21-23-51-63(47)75(19,20)35-34-69(51,7)8)59-42-55-54(72(13,14)31-32-73(55,15)16)41-57(59)76(64)66-65(49-40-53-56(43-62(49)79-66)74(17,18)33-30-71(53,11)12)77(60)46-25-26-50-52(39-46)70(9,10)29-28-68(50,5)6/h21-27,36-43H,28-35H2,1-20H3. The van der Waals surface area contributed by atoms with Gasteiger partial charge < -0.3 is 14.2 Å². The van der Waals surface area contributed by atoms with Crippen LogP contribution in [0.15, 0.2) is 95.4 Å². The Balaban J connectivity index is 1.18. The van der Waals surface area contributed by atoms with Gasteiger partial charge in [0.1, 0.15) is 5.58 Å². The lowest BCUT2D eigenvalue weighted by Gasteiger charge is -2.47. The van der Waals surface area contributed by atoms with Crippen LogP contribution in [0.2, 0.25) is 0 Å². The van der Waals surface area contributed by atoms with E-state index in [1.54, 1.807) is 0 Å². The second-order valence-corrected chi connectivity index (χ2v) is 32.5. The van der Waals surface area contributed by atoms with Crippen LogP contribution in [0.5, 0.6) is 0 Å². The van der Waals surface area contributed by atoms with Crippen LogP contribution >= 0.6 is 0 Å². The van der Waals surface area contributed by atoms with Crippen molar-refractivity contribution in [2.75, 3.05) is 9.80 Å². The predicted octanol–water partition coefficient (Wildman–Crippen LogP) is 19.2. The molecule has 410 valence electrons. The first-order chi connectivity index (χ1) is 36.6. The van der Waals surface area contributed by atoms with Gasteiger partial charge in [-0.1, -0.05) is 168 Å². The first-order valence-corrected chi connectivity index (χ1v) is 30.6. The van der Waals surface area contributed by atoms with Gasteiger partial charge in [-0.2, -0.15) is 0 Å². The quantitative estimate of drug-likeness (QED) is 0.164. The van der Waals surface area contributed by atoms with E-state index in [1.165, 1.54) is 130 Å². The van der Waals surface area contributed by atoms with E-state index in [0.29, 0.717) is 0 Å². The zero-order valence-corrected chi connectivity index (χ0v) is 52.2. The minimum atomic E-state index is -0.144. The van der Waals surface area contributed by atoms with Crippen molar-refractivity contribution in [3.63, 3.8) is 0 Å². The summed E-state index contributed by atoms with van der Waals surface area (Å²) in [7, 11) is 0. The molecule has 0 saturated carbocycles. The van der Waals surface area contributed by atoms with Crippen molar-refractivity contribution in [2.45, 2.75) is 239 Å². The molecular formula is C75H91BN2O. The van der Waals surface area contributed by atoms with E-state index >= 15 is 0 Å². The average molecular weight is 1050 g/mol. The average Bonchev–Trinajstić information content (AvgIpc) is 2.67. The van der Waals surface area contributed by atoms with Crippen molar-refractivity contribution in [2.24, 2.45) is 0 Å². The van der Waals surface area contributed by atoms with Gasteiger partial charge in [0.25, 0.3) is 6.71 Å². The highest BCUT2D eigenvalue weighted by Gasteiger charge is 2.51. The van der Waals surface area contributed by atoms with E-state index in [4.69, 9.17) is 4.42 Å². The number of nitrogens with zero attached hydrogens (tertiary/aromatic N) is 2. The maximum atomic E-state index is 7.86. The summed E-state index contributed by atoms with van der Waals surface area (Å²) in [5.41, 5.74) is 29.6. The molecule has 7 aromatic rings. The number of rotatable bonds is 3. The molecule has 0 unspecified atom stereocenters. The maximum Gasteiger partial charge on any atom is 0.297 e. The minimum Gasteiger partial charge on any atom is -0.468 e. The van der Waals surface area contributed by atoms with Crippen LogP contribution in [0.4, 0.5) is 34.1 Å². The predicted molar refractivity (Wildman–Crippen MR) is 340 cm³/mol. The Kier molecular flexibility index (Phi) is 11.0. The van der Waals surface area contributed by atoms with E-state index in [1.807, 2.05) is 0 Å². The van der Waals surface area contributed by atoms with Crippen molar-refractivity contribution in [1.29, 1.82) is 0 Å². The van der Waals surface area contributed by atoms with Crippen LogP contribution in [0, 0.1) is 6.92 Å². The molecule has 0 amide bonds. The monoisotopic (exact) mass is 1050 g/mol. The number of furan rings is 1. The smallest absolute Gasteiger partial charge is 0.297 e. The molecule has 3 heterocycles. The molecule has 0 bridgehead atoms. The van der Waals surface area contributed by atoms with Crippen LogP contribution < -0.4 is 26.4 Å². The van der Waals surface area contributed by atoms with Gasteiger partial charge in [0.05, 0.1) is 17.0 Å². The lowest BCUT2D eigenvalue weighted by Crippen LogP contribution is -2.61. The van der Waals surface area contributed by atoms with E-state index < -0.39 is 0 Å². The number of fused-ring (bicyclic) bond motifs is 10. The van der Waals surface area contributed by atoms with Crippen LogP contribution in [-0.2, 0) is 48.7 Å². The maximum absolute atomic E-state index is 7.86. The number of hydrogen-bond donors (Lipinski definition) is 0. The fraction of sp³-hybridized carbons (Fsp3) is 0.493. The molecule has 0 saturated heterocycles. The summed E-state index contributed by atoms with van der Waals surface area (Å²) in [5, 5.41) is 1.23. The van der Waals surface area contributed by atoms with Gasteiger partial charge >= 0.3 is 0 Å². The third kappa shape index (κ3) is 7.69. The Morgan fingerprint density at radius 3 is 1.53 bits per heavy atom. The third-order valence-corrected chi connectivity index (χ3v) is 22.1. The molecule has 0 radical (unpaired) electrons. The highest BCUT2D eigenvalue weighted by atomic mass is 16.3. The lowest BCUT2D eigenvalue weighted by atomic mass is 9.35. The van der Waals surface area contributed by atoms with E-state index in [2.05, 4.69) is 239 Å². The normalized spacial score (nSPS) is 21.7. The first kappa shape index (κ1) is 52.9. The van der Waals surface area contributed by atoms with Crippen molar-refractivity contribution in [3.8, 4) is 11.1 Å². The van der Waals surface area contributed by atoms with E-state index in [9.17, 15) is 0 Å². The van der Waals surface area contributed by atoms with Crippen molar-refractivity contribution >= 4 is 68.4 Å². The molecular weight excluding hydrogens is 956 g/mol. The topological polar surface area (TPSA) is 19.6 Å². The lowest BCUT2D eigenvalue weighted by molar-refractivity contribution is 0.332. The molecule has 79 heavy (non-hydrogen) atoms. The molecule has 6 aliphatic rings. The number of anilines is 6. The second kappa shape index (κ2) is 16.4. The number of benzene rings is 6. The Bertz CT molecular complexity index is 3760. The summed E-state index contributed by atoms with van der Waals surface area (Å²) in [6, 6.07) is 37.9. The molecule has 0 fully saturated rings. The number of aryl methyl sites for hydroxylation is 1. The highest BCUT2D eigenvalue weighted by Crippen LogP contribution is 2.57. The molecule has 13 rings (SSSR count). The minimum absolute atomic E-state index is 0.000554. The molecule has 2 aliphatic heterocycles. The Morgan fingerprint density at radius 2 is 0.937 bits per heavy atom. The first-order valence-electron chi connectivity index (χ1n) is 30.6. The van der Waals surface area contributed by atoms with E-state index in [-0.39, 0.29) is 55.4 Å². The van der Waals surface area contributed by atoms with Crippen LogP contribution in [0.25, 0.3) is 22.1 Å². The molecule has 0 spiro atoms. The van der Waals surface area contributed by atoms with Crippen LogP contribution in [0.3, 0.4) is 0 Å². The van der Waals surface area contributed by atoms with Gasteiger partial charge in [0, 0.05) is 33.7 Å². The fourth-order valence-electron chi connectivity index (χ4n) is 16.3. The van der Waals surface area contributed by atoms with Crippen molar-refractivity contribution < 1.29 is 4.42 Å². The molecule has 0 N–H and O–H groups in total. The van der Waals surface area contributed by atoms with Gasteiger partial charge in [-0.05, 0) is 234 Å². The zero-order valence-electron chi connectivity index (χ0n) is 52.2. The van der Waals surface area contributed by atoms with Gasteiger partial charge in [0.2, 0.25) is 0 Å². The zero-order chi connectivity index (χ0) is 56.5. The Morgan fingerprint density at radius 1 is 0.430 bits per heavy atom. The molecule has 4 heteroatoms. The van der Waals surface area contributed by atoms with Gasteiger partial charge in [-0.25, -0.2) is 0 Å². The highest BCUT2D eigenvalue weighted by molar-refractivity contribution is 7.00. The fourth-order valence-corrected chi connectivity index (χ4v) is 16.3. The SMILES string of the molecule is Cc1cc2c3c(c1)N(c1ccc4c(c1)C(C)(C)CCC4(C)C)c1c(oc4cc5c(cc14)C(C)(C)CCC5(C)C)B3c1cc3c(cc1N2c1ccc(C(C)(C)C)cc1-c1cccc2c1C(C)(C)CCC2(C)C)C(C)(C)CCC3(C)C. The summed E-state index contributed by atoms with van der Waals surface area (Å²) < 4.78 is 7.86. The summed E-state index contributed by atoms with van der Waals surface area (Å²) >= 11 is 0. The summed E-state index contributed by atoms with van der Waals surface area (Å²) in [5.74, 6) is 0. The van der Waals surface area contributed by atoms with Crippen LogP contribution in [0.1, 0.15) is 239 Å². The summed E-state index contributed by atoms with van der Waals surface area (Å²) in [6.07, 6.45) is 9.29. The largest absolute Gasteiger partial charge is 0.468 e. The molecule has 0 atom stereocenters.